The zero-order valence-electron chi connectivity index (χ0n) is 11.6. The van der Waals surface area contributed by atoms with Crippen molar-refractivity contribution in [2.75, 3.05) is 0 Å². The second kappa shape index (κ2) is 6.34. The molecule has 1 aromatic rings. The fourth-order valence-corrected chi connectivity index (χ4v) is 2.99. The third kappa shape index (κ3) is 3.33. The average Bonchev–Trinajstić information content (AvgIpc) is 2.85. The number of nitrogens with one attached hydrogen (secondary N) is 1. The van der Waals surface area contributed by atoms with Gasteiger partial charge in [0, 0.05) is 18.8 Å². The monoisotopic (exact) mass is 250 g/mol. The van der Waals surface area contributed by atoms with Crippen molar-refractivity contribution >= 4 is 0 Å². The zero-order chi connectivity index (χ0) is 13.0. The van der Waals surface area contributed by atoms with E-state index >= 15 is 0 Å². The number of rotatable bonds is 5. The quantitative estimate of drug-likeness (QED) is 0.621. The number of aryl methyl sites for hydroxylation is 1. The van der Waals surface area contributed by atoms with E-state index in [-0.39, 0.29) is 0 Å². The van der Waals surface area contributed by atoms with E-state index in [1.54, 1.807) is 0 Å². The lowest BCUT2D eigenvalue weighted by molar-refractivity contribution is 0.229. The van der Waals surface area contributed by atoms with Crippen molar-refractivity contribution in [2.24, 2.45) is 17.7 Å². The minimum absolute atomic E-state index is 0.395. The third-order valence-corrected chi connectivity index (χ3v) is 4.31. The molecular weight excluding hydrogens is 224 g/mol. The predicted molar refractivity (Wildman–Crippen MR) is 73.8 cm³/mol. The van der Waals surface area contributed by atoms with Crippen LogP contribution in [0.4, 0.5) is 0 Å². The standard InChI is InChI=1S/C14H26N4/c1-3-18-10-12(9-16-18)8-14(17-15)13-6-4-11(2)5-7-13/h9-11,13-14,17H,3-8,15H2,1-2H3. The number of nitrogens with two attached hydrogens (primary N) is 1. The molecule has 3 N–H and O–H groups in total. The molecule has 1 aliphatic carbocycles. The Morgan fingerprint density at radius 3 is 2.72 bits per heavy atom. The summed E-state index contributed by atoms with van der Waals surface area (Å²) in [7, 11) is 0. The van der Waals surface area contributed by atoms with Crippen molar-refractivity contribution in [3.05, 3.63) is 18.0 Å². The maximum atomic E-state index is 5.75. The lowest BCUT2D eigenvalue weighted by Crippen LogP contribution is -2.43. The van der Waals surface area contributed by atoms with E-state index in [1.165, 1.54) is 31.2 Å². The van der Waals surface area contributed by atoms with Gasteiger partial charge in [0.2, 0.25) is 0 Å². The van der Waals surface area contributed by atoms with Gasteiger partial charge in [-0.05, 0) is 43.6 Å². The molecule has 18 heavy (non-hydrogen) atoms. The summed E-state index contributed by atoms with van der Waals surface area (Å²) < 4.78 is 1.98. The van der Waals surface area contributed by atoms with E-state index in [0.717, 1.165) is 24.8 Å². The minimum atomic E-state index is 0.395. The van der Waals surface area contributed by atoms with E-state index in [0.29, 0.717) is 6.04 Å². The average molecular weight is 250 g/mol. The summed E-state index contributed by atoms with van der Waals surface area (Å²) in [6.07, 6.45) is 10.4. The molecule has 1 saturated carbocycles. The molecule has 0 radical (unpaired) electrons. The van der Waals surface area contributed by atoms with Crippen molar-refractivity contribution in [1.82, 2.24) is 15.2 Å². The summed E-state index contributed by atoms with van der Waals surface area (Å²) in [5.74, 6) is 7.36. The van der Waals surface area contributed by atoms with Crippen molar-refractivity contribution < 1.29 is 0 Å². The minimum Gasteiger partial charge on any atom is -0.273 e. The van der Waals surface area contributed by atoms with Gasteiger partial charge in [0.1, 0.15) is 0 Å². The number of aromatic nitrogens is 2. The summed E-state index contributed by atoms with van der Waals surface area (Å²) in [4.78, 5) is 0. The van der Waals surface area contributed by atoms with E-state index in [4.69, 9.17) is 5.84 Å². The fourth-order valence-electron chi connectivity index (χ4n) is 2.99. The van der Waals surface area contributed by atoms with Gasteiger partial charge in [-0.3, -0.25) is 16.0 Å². The number of hydrazine groups is 1. The summed E-state index contributed by atoms with van der Waals surface area (Å²) in [5.41, 5.74) is 4.32. The van der Waals surface area contributed by atoms with Crippen LogP contribution in [-0.2, 0) is 13.0 Å². The maximum absolute atomic E-state index is 5.75. The third-order valence-electron chi connectivity index (χ3n) is 4.31. The van der Waals surface area contributed by atoms with Gasteiger partial charge in [0.15, 0.2) is 0 Å². The normalized spacial score (nSPS) is 26.2. The van der Waals surface area contributed by atoms with Crippen molar-refractivity contribution in [3.8, 4) is 0 Å². The Hall–Kier alpha value is -0.870. The Labute approximate surface area is 110 Å². The van der Waals surface area contributed by atoms with E-state index < -0.39 is 0 Å². The van der Waals surface area contributed by atoms with Gasteiger partial charge < -0.3 is 0 Å². The first-order chi connectivity index (χ1) is 8.72. The Morgan fingerprint density at radius 2 is 2.17 bits per heavy atom. The zero-order valence-corrected chi connectivity index (χ0v) is 11.6. The molecule has 0 bridgehead atoms. The first-order valence-corrected chi connectivity index (χ1v) is 7.20. The SMILES string of the molecule is CCn1cc(CC(NN)C2CCC(C)CC2)cn1. The second-order valence-electron chi connectivity index (χ2n) is 5.70. The molecule has 1 aromatic heterocycles. The van der Waals surface area contributed by atoms with Crippen LogP contribution in [0.5, 0.6) is 0 Å². The number of hydrogen-bond donors (Lipinski definition) is 2. The van der Waals surface area contributed by atoms with Crippen LogP contribution in [0.25, 0.3) is 0 Å². The first kappa shape index (κ1) is 13.6. The van der Waals surface area contributed by atoms with E-state index in [2.05, 4.69) is 30.6 Å². The smallest absolute Gasteiger partial charge is 0.0522 e. The molecular formula is C14H26N4. The van der Waals surface area contributed by atoms with Crippen LogP contribution in [0.15, 0.2) is 12.4 Å². The highest BCUT2D eigenvalue weighted by Gasteiger charge is 2.25. The Bertz CT molecular complexity index is 352. The van der Waals surface area contributed by atoms with Gasteiger partial charge in [0.05, 0.1) is 6.20 Å². The molecule has 0 aliphatic heterocycles. The molecule has 0 spiro atoms. The molecule has 0 amide bonds. The molecule has 1 aliphatic rings. The molecule has 1 atom stereocenters. The van der Waals surface area contributed by atoms with Crippen LogP contribution in [0, 0.1) is 11.8 Å². The molecule has 102 valence electrons. The maximum Gasteiger partial charge on any atom is 0.0522 e. The topological polar surface area (TPSA) is 55.9 Å². The lowest BCUT2D eigenvalue weighted by atomic mass is 9.78. The molecule has 4 nitrogen and oxygen atoms in total. The van der Waals surface area contributed by atoms with Crippen LogP contribution in [0.2, 0.25) is 0 Å². The van der Waals surface area contributed by atoms with E-state index in [9.17, 15) is 0 Å². The molecule has 1 heterocycles. The highest BCUT2D eigenvalue weighted by atomic mass is 15.3. The van der Waals surface area contributed by atoms with Gasteiger partial charge in [-0.1, -0.05) is 19.8 Å². The Balaban J connectivity index is 1.92. The molecule has 0 aromatic carbocycles. The Morgan fingerprint density at radius 1 is 1.44 bits per heavy atom. The highest BCUT2D eigenvalue weighted by molar-refractivity contribution is 5.07. The van der Waals surface area contributed by atoms with Gasteiger partial charge in [-0.2, -0.15) is 5.10 Å². The van der Waals surface area contributed by atoms with Gasteiger partial charge >= 0.3 is 0 Å². The first-order valence-electron chi connectivity index (χ1n) is 7.20. The van der Waals surface area contributed by atoms with Crippen molar-refractivity contribution in [3.63, 3.8) is 0 Å². The van der Waals surface area contributed by atoms with Gasteiger partial charge in [-0.25, -0.2) is 0 Å². The van der Waals surface area contributed by atoms with Crippen LogP contribution >= 0.6 is 0 Å². The van der Waals surface area contributed by atoms with Crippen LogP contribution in [0.1, 0.15) is 45.1 Å². The van der Waals surface area contributed by atoms with Gasteiger partial charge in [0.25, 0.3) is 0 Å². The summed E-state index contributed by atoms with van der Waals surface area (Å²) in [5, 5.41) is 4.33. The summed E-state index contributed by atoms with van der Waals surface area (Å²) >= 11 is 0. The number of nitrogens with zero attached hydrogens (tertiary/aromatic N) is 2. The Kier molecular flexibility index (Phi) is 4.78. The van der Waals surface area contributed by atoms with Crippen LogP contribution in [-0.4, -0.2) is 15.8 Å². The van der Waals surface area contributed by atoms with Crippen LogP contribution < -0.4 is 11.3 Å². The second-order valence-corrected chi connectivity index (χ2v) is 5.70. The number of hydrogen-bond acceptors (Lipinski definition) is 3. The van der Waals surface area contributed by atoms with Gasteiger partial charge in [-0.15, -0.1) is 0 Å². The molecule has 4 heteroatoms. The molecule has 1 unspecified atom stereocenters. The predicted octanol–water partition coefficient (Wildman–Crippen LogP) is 2.10. The molecule has 0 saturated heterocycles. The highest BCUT2D eigenvalue weighted by Crippen LogP contribution is 2.31. The van der Waals surface area contributed by atoms with E-state index in [1.807, 2.05) is 10.9 Å². The largest absolute Gasteiger partial charge is 0.273 e. The van der Waals surface area contributed by atoms with Crippen LogP contribution in [0.3, 0.4) is 0 Å². The summed E-state index contributed by atoms with van der Waals surface area (Å²) in [6, 6.07) is 0.395. The lowest BCUT2D eigenvalue weighted by Gasteiger charge is -2.32. The molecule has 1 fully saturated rings. The fraction of sp³-hybridized carbons (Fsp3) is 0.786. The van der Waals surface area contributed by atoms with Crippen molar-refractivity contribution in [2.45, 2.75) is 58.5 Å². The van der Waals surface area contributed by atoms with Crippen molar-refractivity contribution in [1.29, 1.82) is 0 Å². The molecule has 2 rings (SSSR count). The summed E-state index contributed by atoms with van der Waals surface area (Å²) in [6.45, 7) is 5.39.